The number of aliphatic hydroxyl groups excluding tert-OH is 1. The molecule has 1 fully saturated rings. The van der Waals surface area contributed by atoms with Crippen LogP contribution in [-0.2, 0) is 0 Å². The van der Waals surface area contributed by atoms with E-state index in [1.54, 1.807) is 0 Å². The number of carbonyl (C=O) groups excluding carboxylic acids is 1. The molecule has 1 saturated heterocycles. The number of β-amino-alcohol motifs (C(OH)–C–C–N with tert-alkyl or cyclic N) is 1. The summed E-state index contributed by atoms with van der Waals surface area (Å²) in [7, 11) is 0. The van der Waals surface area contributed by atoms with E-state index in [0.717, 1.165) is 30.0 Å². The second-order valence-electron chi connectivity index (χ2n) is 6.87. The molecule has 6 nitrogen and oxygen atoms in total. The number of aryl methyl sites for hydroxylation is 3. The van der Waals surface area contributed by atoms with E-state index in [1.165, 1.54) is 18.4 Å². The molecule has 0 aliphatic carbocycles. The fourth-order valence-electron chi connectivity index (χ4n) is 3.31. The fraction of sp³-hybridized carbons (Fsp3) is 0.632. The Bertz CT molecular complexity index is 548. The van der Waals surface area contributed by atoms with E-state index in [4.69, 9.17) is 4.74 Å². The number of carbonyl (C=O) groups is 1. The van der Waals surface area contributed by atoms with E-state index in [1.807, 2.05) is 13.8 Å². The highest BCUT2D eigenvalue weighted by atomic mass is 16.5. The van der Waals surface area contributed by atoms with Crippen molar-refractivity contribution in [3.63, 3.8) is 0 Å². The molecule has 3 N–H and O–H groups in total. The number of ether oxygens (including phenoxy) is 1. The summed E-state index contributed by atoms with van der Waals surface area (Å²) in [6, 6.07) is 3.90. The summed E-state index contributed by atoms with van der Waals surface area (Å²) in [5, 5.41) is 15.4. The van der Waals surface area contributed by atoms with Gasteiger partial charge in [-0.25, -0.2) is 4.79 Å². The molecule has 1 aliphatic heterocycles. The molecule has 1 atom stereocenters. The molecule has 140 valence electrons. The second kappa shape index (κ2) is 9.63. The monoisotopic (exact) mass is 349 g/mol. The second-order valence-corrected chi connectivity index (χ2v) is 6.87. The molecule has 1 heterocycles. The van der Waals surface area contributed by atoms with Gasteiger partial charge in [-0.1, -0.05) is 17.7 Å². The van der Waals surface area contributed by atoms with E-state index in [2.05, 4.69) is 34.6 Å². The van der Waals surface area contributed by atoms with Gasteiger partial charge in [0, 0.05) is 13.1 Å². The van der Waals surface area contributed by atoms with Crippen LogP contribution in [0.2, 0.25) is 0 Å². The Kier molecular flexibility index (Phi) is 7.52. The number of amides is 2. The topological polar surface area (TPSA) is 73.8 Å². The van der Waals surface area contributed by atoms with Crippen LogP contribution < -0.4 is 15.4 Å². The van der Waals surface area contributed by atoms with Crippen LogP contribution in [0.5, 0.6) is 5.75 Å². The Morgan fingerprint density at radius 3 is 2.48 bits per heavy atom. The first-order chi connectivity index (χ1) is 12.0. The van der Waals surface area contributed by atoms with Gasteiger partial charge in [0.15, 0.2) is 0 Å². The molecule has 1 unspecified atom stereocenters. The van der Waals surface area contributed by atoms with Crippen molar-refractivity contribution >= 4 is 6.03 Å². The van der Waals surface area contributed by atoms with Crippen molar-refractivity contribution in [1.29, 1.82) is 0 Å². The zero-order valence-electron chi connectivity index (χ0n) is 15.6. The van der Waals surface area contributed by atoms with Crippen molar-refractivity contribution in [3.05, 3.63) is 28.8 Å². The van der Waals surface area contributed by atoms with Gasteiger partial charge in [0.25, 0.3) is 0 Å². The SMILES string of the molecule is Cc1cc(C)c(OCCNC(=O)NCC(O)CN2CCCC2)c(C)c1. The highest BCUT2D eigenvalue weighted by Crippen LogP contribution is 2.24. The third-order valence-electron chi connectivity index (χ3n) is 4.40. The lowest BCUT2D eigenvalue weighted by Crippen LogP contribution is -2.44. The largest absolute Gasteiger partial charge is 0.491 e. The van der Waals surface area contributed by atoms with E-state index in [9.17, 15) is 9.90 Å². The summed E-state index contributed by atoms with van der Waals surface area (Å²) in [6.45, 7) is 9.91. The zero-order valence-corrected chi connectivity index (χ0v) is 15.6. The lowest BCUT2D eigenvalue weighted by Gasteiger charge is -2.19. The maximum Gasteiger partial charge on any atom is 0.315 e. The maximum atomic E-state index is 11.8. The molecule has 1 aliphatic rings. The molecule has 1 aromatic carbocycles. The Labute approximate surface area is 150 Å². The highest BCUT2D eigenvalue weighted by molar-refractivity contribution is 5.73. The third-order valence-corrected chi connectivity index (χ3v) is 4.40. The van der Waals surface area contributed by atoms with E-state index >= 15 is 0 Å². The van der Waals surface area contributed by atoms with Crippen LogP contribution in [0.3, 0.4) is 0 Å². The highest BCUT2D eigenvalue weighted by Gasteiger charge is 2.16. The summed E-state index contributed by atoms with van der Waals surface area (Å²) in [6.07, 6.45) is 1.86. The number of hydrogen-bond donors (Lipinski definition) is 3. The number of aliphatic hydroxyl groups is 1. The quantitative estimate of drug-likeness (QED) is 0.625. The summed E-state index contributed by atoms with van der Waals surface area (Å²) < 4.78 is 5.79. The van der Waals surface area contributed by atoms with Gasteiger partial charge in [-0.3, -0.25) is 0 Å². The maximum absolute atomic E-state index is 11.8. The summed E-state index contributed by atoms with van der Waals surface area (Å²) in [4.78, 5) is 14.0. The average Bonchev–Trinajstić information content (AvgIpc) is 3.04. The number of nitrogens with one attached hydrogen (secondary N) is 2. The van der Waals surface area contributed by atoms with E-state index < -0.39 is 6.10 Å². The van der Waals surface area contributed by atoms with Gasteiger partial charge < -0.3 is 25.4 Å². The van der Waals surface area contributed by atoms with Crippen molar-refractivity contribution in [2.45, 2.75) is 39.7 Å². The molecular weight excluding hydrogens is 318 g/mol. The van der Waals surface area contributed by atoms with Crippen molar-refractivity contribution in [1.82, 2.24) is 15.5 Å². The number of benzene rings is 1. The van der Waals surface area contributed by atoms with E-state index in [-0.39, 0.29) is 12.6 Å². The van der Waals surface area contributed by atoms with Gasteiger partial charge in [0.1, 0.15) is 12.4 Å². The van der Waals surface area contributed by atoms with Crippen LogP contribution in [0.1, 0.15) is 29.5 Å². The van der Waals surface area contributed by atoms with Crippen LogP contribution >= 0.6 is 0 Å². The summed E-state index contributed by atoms with van der Waals surface area (Å²) in [5.74, 6) is 0.883. The van der Waals surface area contributed by atoms with Crippen molar-refractivity contribution in [2.24, 2.45) is 0 Å². The summed E-state index contributed by atoms with van der Waals surface area (Å²) >= 11 is 0. The molecule has 0 saturated carbocycles. The molecule has 6 heteroatoms. The van der Waals surface area contributed by atoms with Gasteiger partial charge in [-0.2, -0.15) is 0 Å². The molecular formula is C19H31N3O3. The van der Waals surface area contributed by atoms with Crippen molar-refractivity contribution in [2.75, 3.05) is 39.3 Å². The van der Waals surface area contributed by atoms with Gasteiger partial charge in [0.2, 0.25) is 0 Å². The normalized spacial score (nSPS) is 15.8. The number of rotatable bonds is 8. The number of hydrogen-bond acceptors (Lipinski definition) is 4. The average molecular weight is 349 g/mol. The standard InChI is InChI=1S/C19H31N3O3/c1-14-10-15(2)18(16(3)11-14)25-9-6-20-19(24)21-12-17(23)13-22-7-4-5-8-22/h10-11,17,23H,4-9,12-13H2,1-3H3,(H2,20,21,24). The predicted molar refractivity (Wildman–Crippen MR) is 99.2 cm³/mol. The minimum Gasteiger partial charge on any atom is -0.491 e. The van der Waals surface area contributed by atoms with Crippen LogP contribution in [0, 0.1) is 20.8 Å². The van der Waals surface area contributed by atoms with Gasteiger partial charge in [0.05, 0.1) is 12.6 Å². The van der Waals surface area contributed by atoms with Crippen molar-refractivity contribution in [3.8, 4) is 5.75 Å². The molecule has 0 aromatic heterocycles. The summed E-state index contributed by atoms with van der Waals surface area (Å²) in [5.41, 5.74) is 3.42. The Morgan fingerprint density at radius 2 is 1.84 bits per heavy atom. The Hall–Kier alpha value is -1.79. The van der Waals surface area contributed by atoms with Gasteiger partial charge in [-0.05, 0) is 57.8 Å². The number of urea groups is 1. The third kappa shape index (κ3) is 6.55. The minimum absolute atomic E-state index is 0.263. The lowest BCUT2D eigenvalue weighted by atomic mass is 10.1. The van der Waals surface area contributed by atoms with Crippen LogP contribution in [0.4, 0.5) is 4.79 Å². The van der Waals surface area contributed by atoms with Crippen LogP contribution in [0.15, 0.2) is 12.1 Å². The predicted octanol–water partition coefficient (Wildman–Crippen LogP) is 1.75. The lowest BCUT2D eigenvalue weighted by molar-refractivity contribution is 0.124. The molecule has 1 aromatic rings. The molecule has 0 radical (unpaired) electrons. The fourth-order valence-corrected chi connectivity index (χ4v) is 3.31. The van der Waals surface area contributed by atoms with Crippen LogP contribution in [-0.4, -0.2) is 61.5 Å². The first-order valence-electron chi connectivity index (χ1n) is 9.08. The number of nitrogens with zero attached hydrogens (tertiary/aromatic N) is 1. The first kappa shape index (κ1) is 19.5. The smallest absolute Gasteiger partial charge is 0.315 e. The van der Waals surface area contributed by atoms with Crippen LogP contribution in [0.25, 0.3) is 0 Å². The van der Waals surface area contributed by atoms with Crippen molar-refractivity contribution < 1.29 is 14.6 Å². The molecule has 0 spiro atoms. The van der Waals surface area contributed by atoms with Gasteiger partial charge in [-0.15, -0.1) is 0 Å². The minimum atomic E-state index is -0.530. The molecule has 25 heavy (non-hydrogen) atoms. The molecule has 0 bridgehead atoms. The van der Waals surface area contributed by atoms with Gasteiger partial charge >= 0.3 is 6.03 Å². The molecule has 2 rings (SSSR count). The number of likely N-dealkylation sites (tertiary alicyclic amines) is 1. The molecule has 2 amide bonds. The zero-order chi connectivity index (χ0) is 18.2. The Balaban J connectivity index is 1.60. The Morgan fingerprint density at radius 1 is 1.20 bits per heavy atom. The van der Waals surface area contributed by atoms with E-state index in [0.29, 0.717) is 19.7 Å². The first-order valence-corrected chi connectivity index (χ1v) is 9.08.